The molecule has 0 radical (unpaired) electrons. The van der Waals surface area contributed by atoms with Gasteiger partial charge in [-0.2, -0.15) is 0 Å². The van der Waals surface area contributed by atoms with Crippen LogP contribution in [-0.2, 0) is 12.8 Å². The minimum Gasteiger partial charge on any atom is -0.340 e. The first kappa shape index (κ1) is 14.3. The molecule has 0 aliphatic carbocycles. The number of nitrogen functional groups attached to an aromatic ring is 1. The smallest absolute Gasteiger partial charge is 0.148 e. The zero-order valence-corrected chi connectivity index (χ0v) is 12.0. The van der Waals surface area contributed by atoms with E-state index in [4.69, 9.17) is 5.84 Å². The lowest BCUT2D eigenvalue weighted by atomic mass is 10.1. The Labute approximate surface area is 119 Å². The number of nitrogens with two attached hydrogens (primary N) is 1. The molecule has 0 amide bonds. The van der Waals surface area contributed by atoms with E-state index in [0.29, 0.717) is 5.82 Å². The summed E-state index contributed by atoms with van der Waals surface area (Å²) in [4.78, 5) is 8.50. The third kappa shape index (κ3) is 3.24. The summed E-state index contributed by atoms with van der Waals surface area (Å²) < 4.78 is 0. The molecule has 106 valence electrons. The minimum atomic E-state index is 0.677. The number of nitrogens with one attached hydrogen (secondary N) is 2. The zero-order chi connectivity index (χ0) is 14.4. The number of hydrazine groups is 1. The second kappa shape index (κ2) is 6.86. The molecule has 1 heterocycles. The van der Waals surface area contributed by atoms with Gasteiger partial charge < -0.3 is 10.7 Å². The van der Waals surface area contributed by atoms with Gasteiger partial charge in [-0.15, -0.1) is 0 Å². The molecular formula is C15H21N5. The molecule has 2 rings (SSSR count). The first-order chi connectivity index (χ1) is 9.78. The maximum atomic E-state index is 5.52. The zero-order valence-electron chi connectivity index (χ0n) is 12.0. The predicted molar refractivity (Wildman–Crippen MR) is 82.9 cm³/mol. The third-order valence-electron chi connectivity index (χ3n) is 3.18. The summed E-state index contributed by atoms with van der Waals surface area (Å²) in [7, 11) is 0. The van der Waals surface area contributed by atoms with Crippen molar-refractivity contribution in [1.82, 2.24) is 9.97 Å². The number of benzene rings is 1. The van der Waals surface area contributed by atoms with Gasteiger partial charge in [0.15, 0.2) is 0 Å². The van der Waals surface area contributed by atoms with Crippen LogP contribution in [-0.4, -0.2) is 9.97 Å². The molecule has 1 aromatic carbocycles. The maximum Gasteiger partial charge on any atom is 0.148 e. The van der Waals surface area contributed by atoms with Crippen LogP contribution in [0.3, 0.4) is 0 Å². The van der Waals surface area contributed by atoms with Gasteiger partial charge in [-0.25, -0.2) is 15.8 Å². The number of anilines is 3. The Kier molecular flexibility index (Phi) is 4.90. The van der Waals surface area contributed by atoms with E-state index in [1.165, 1.54) is 11.9 Å². The van der Waals surface area contributed by atoms with Crippen molar-refractivity contribution in [3.8, 4) is 0 Å². The molecule has 20 heavy (non-hydrogen) atoms. The van der Waals surface area contributed by atoms with E-state index >= 15 is 0 Å². The number of hydrogen-bond donors (Lipinski definition) is 3. The highest BCUT2D eigenvalue weighted by atomic mass is 15.3. The Hall–Kier alpha value is -2.14. The first-order valence-electron chi connectivity index (χ1n) is 6.94. The highest BCUT2D eigenvalue weighted by molar-refractivity contribution is 5.65. The number of aryl methyl sites for hydroxylation is 1. The number of nitrogens with zero attached hydrogens (tertiary/aromatic N) is 2. The van der Waals surface area contributed by atoms with Gasteiger partial charge in [0.1, 0.15) is 18.0 Å². The Morgan fingerprint density at radius 2 is 1.95 bits per heavy atom. The fourth-order valence-corrected chi connectivity index (χ4v) is 2.14. The topological polar surface area (TPSA) is 75.9 Å². The molecule has 4 N–H and O–H groups in total. The lowest BCUT2D eigenvalue weighted by molar-refractivity contribution is 0.903. The first-order valence-corrected chi connectivity index (χ1v) is 6.94. The summed E-state index contributed by atoms with van der Waals surface area (Å²) in [6.07, 6.45) is 4.40. The second-order valence-electron chi connectivity index (χ2n) is 4.62. The lowest BCUT2D eigenvalue weighted by Crippen LogP contribution is -2.13. The van der Waals surface area contributed by atoms with Crippen LogP contribution in [0.2, 0.25) is 0 Å². The molecule has 5 heteroatoms. The van der Waals surface area contributed by atoms with Crippen molar-refractivity contribution in [2.24, 2.45) is 5.84 Å². The molecule has 1 aromatic heterocycles. The Bertz CT molecular complexity index is 568. The van der Waals surface area contributed by atoms with Crippen molar-refractivity contribution >= 4 is 17.3 Å². The molecule has 0 aliphatic rings. The van der Waals surface area contributed by atoms with Gasteiger partial charge in [0.25, 0.3) is 0 Å². The SMILES string of the molecule is CCCc1c(NN)ncnc1Nc1cccc(CC)c1. The lowest BCUT2D eigenvalue weighted by Gasteiger charge is -2.14. The van der Waals surface area contributed by atoms with E-state index < -0.39 is 0 Å². The highest BCUT2D eigenvalue weighted by Crippen LogP contribution is 2.24. The van der Waals surface area contributed by atoms with Gasteiger partial charge in [0.2, 0.25) is 0 Å². The summed E-state index contributed by atoms with van der Waals surface area (Å²) in [5.74, 6) is 7.01. The van der Waals surface area contributed by atoms with Crippen LogP contribution < -0.4 is 16.6 Å². The van der Waals surface area contributed by atoms with Crippen LogP contribution >= 0.6 is 0 Å². The molecule has 0 aliphatic heterocycles. The van der Waals surface area contributed by atoms with Crippen molar-refractivity contribution in [1.29, 1.82) is 0 Å². The molecule has 0 unspecified atom stereocenters. The van der Waals surface area contributed by atoms with Crippen molar-refractivity contribution in [3.63, 3.8) is 0 Å². The summed E-state index contributed by atoms with van der Waals surface area (Å²) >= 11 is 0. The molecule has 0 saturated carbocycles. The fourth-order valence-electron chi connectivity index (χ4n) is 2.14. The van der Waals surface area contributed by atoms with E-state index in [2.05, 4.69) is 46.7 Å². The van der Waals surface area contributed by atoms with Gasteiger partial charge in [0, 0.05) is 11.3 Å². The van der Waals surface area contributed by atoms with Gasteiger partial charge in [-0.3, -0.25) is 0 Å². The highest BCUT2D eigenvalue weighted by Gasteiger charge is 2.10. The quantitative estimate of drug-likeness (QED) is 0.556. The number of rotatable bonds is 6. The van der Waals surface area contributed by atoms with Crippen molar-refractivity contribution in [3.05, 3.63) is 41.7 Å². The molecule has 0 spiro atoms. The average Bonchev–Trinajstić information content (AvgIpc) is 2.49. The summed E-state index contributed by atoms with van der Waals surface area (Å²) in [6.45, 7) is 4.26. The van der Waals surface area contributed by atoms with Crippen LogP contribution in [0.4, 0.5) is 17.3 Å². The molecule has 5 nitrogen and oxygen atoms in total. The van der Waals surface area contributed by atoms with Gasteiger partial charge in [0.05, 0.1) is 0 Å². The predicted octanol–water partition coefficient (Wildman–Crippen LogP) is 3.02. The van der Waals surface area contributed by atoms with Gasteiger partial charge in [-0.05, 0) is 30.5 Å². The van der Waals surface area contributed by atoms with Crippen LogP contribution in [0.1, 0.15) is 31.4 Å². The van der Waals surface area contributed by atoms with Crippen LogP contribution in [0.5, 0.6) is 0 Å². The maximum absolute atomic E-state index is 5.52. The average molecular weight is 271 g/mol. The van der Waals surface area contributed by atoms with E-state index in [9.17, 15) is 0 Å². The van der Waals surface area contributed by atoms with Crippen LogP contribution in [0.25, 0.3) is 0 Å². The van der Waals surface area contributed by atoms with E-state index in [0.717, 1.165) is 36.3 Å². The standard InChI is InChI=1S/C15H21N5/c1-3-6-13-14(17-10-18-15(13)20-16)19-12-8-5-7-11(4-2)9-12/h5,7-10H,3-4,6,16H2,1-2H3,(H2,17,18,19,20). The van der Waals surface area contributed by atoms with Gasteiger partial charge in [-0.1, -0.05) is 32.4 Å². The number of hydrogen-bond acceptors (Lipinski definition) is 5. The fraction of sp³-hybridized carbons (Fsp3) is 0.333. The van der Waals surface area contributed by atoms with Crippen molar-refractivity contribution < 1.29 is 0 Å². The van der Waals surface area contributed by atoms with Crippen molar-refractivity contribution in [2.45, 2.75) is 33.1 Å². The summed E-state index contributed by atoms with van der Waals surface area (Å²) in [5.41, 5.74) is 5.97. The normalized spacial score (nSPS) is 10.3. The van der Waals surface area contributed by atoms with E-state index in [1.54, 1.807) is 0 Å². The molecule has 0 saturated heterocycles. The monoisotopic (exact) mass is 271 g/mol. The summed E-state index contributed by atoms with van der Waals surface area (Å²) in [6, 6.07) is 8.33. The molecule has 0 fully saturated rings. The van der Waals surface area contributed by atoms with Gasteiger partial charge >= 0.3 is 0 Å². The van der Waals surface area contributed by atoms with E-state index in [-0.39, 0.29) is 0 Å². The third-order valence-corrected chi connectivity index (χ3v) is 3.18. The van der Waals surface area contributed by atoms with Crippen LogP contribution in [0, 0.1) is 0 Å². The minimum absolute atomic E-state index is 0.677. The Balaban J connectivity index is 2.32. The molecule has 0 bridgehead atoms. The number of aromatic nitrogens is 2. The summed E-state index contributed by atoms with van der Waals surface area (Å²) in [5, 5.41) is 3.36. The van der Waals surface area contributed by atoms with Crippen LogP contribution in [0.15, 0.2) is 30.6 Å². The Morgan fingerprint density at radius 1 is 1.15 bits per heavy atom. The second-order valence-corrected chi connectivity index (χ2v) is 4.62. The molecule has 2 aromatic rings. The largest absolute Gasteiger partial charge is 0.340 e. The molecular weight excluding hydrogens is 250 g/mol. The molecule has 0 atom stereocenters. The van der Waals surface area contributed by atoms with Crippen molar-refractivity contribution in [2.75, 3.05) is 10.7 Å². The van der Waals surface area contributed by atoms with E-state index in [1.807, 2.05) is 12.1 Å². The Morgan fingerprint density at radius 3 is 2.65 bits per heavy atom.